The zero-order chi connectivity index (χ0) is 13.8. The predicted molar refractivity (Wildman–Crippen MR) is 82.0 cm³/mol. The Morgan fingerprint density at radius 1 is 1.10 bits per heavy atom. The average molecular weight is 280 g/mol. The number of ether oxygens (including phenoxy) is 1. The first-order valence-corrected chi connectivity index (χ1v) is 6.94. The summed E-state index contributed by atoms with van der Waals surface area (Å²) in [6.45, 7) is 3.73. The molecule has 0 bridgehead atoms. The minimum Gasteiger partial charge on any atom is -0.455 e. The number of nitrogens with zero attached hydrogens (tertiary/aromatic N) is 2. The summed E-state index contributed by atoms with van der Waals surface area (Å²) in [6, 6.07) is 11.6. The third kappa shape index (κ3) is 2.60. The van der Waals surface area contributed by atoms with Gasteiger partial charge in [-0.3, -0.25) is 4.98 Å². The van der Waals surface area contributed by atoms with E-state index in [1.165, 1.54) is 0 Å². The van der Waals surface area contributed by atoms with Crippen LogP contribution in [0.2, 0.25) is 0 Å². The second kappa shape index (κ2) is 5.67. The lowest BCUT2D eigenvalue weighted by Gasteiger charge is -2.08. The van der Waals surface area contributed by atoms with Crippen LogP contribution in [0.1, 0.15) is 5.01 Å². The van der Waals surface area contributed by atoms with Crippen LogP contribution >= 0.6 is 11.3 Å². The van der Waals surface area contributed by atoms with Crippen LogP contribution in [-0.4, -0.2) is 9.97 Å². The predicted octanol–water partition coefficient (Wildman–Crippen LogP) is 4.64. The summed E-state index contributed by atoms with van der Waals surface area (Å²) in [5, 5.41) is 0.891. The van der Waals surface area contributed by atoms with Gasteiger partial charge in [-0.15, -0.1) is 11.3 Å². The highest BCUT2D eigenvalue weighted by Crippen LogP contribution is 2.35. The van der Waals surface area contributed by atoms with Gasteiger partial charge in [0.1, 0.15) is 10.8 Å². The van der Waals surface area contributed by atoms with Gasteiger partial charge in [-0.1, -0.05) is 24.8 Å². The molecule has 0 aliphatic carbocycles. The lowest BCUT2D eigenvalue weighted by Crippen LogP contribution is -1.88. The summed E-state index contributed by atoms with van der Waals surface area (Å²) < 4.78 is 5.90. The molecule has 0 atom stereocenters. The van der Waals surface area contributed by atoms with Crippen LogP contribution < -0.4 is 4.74 Å². The highest BCUT2D eigenvalue weighted by atomic mass is 32.1. The first-order chi connectivity index (χ1) is 9.86. The van der Waals surface area contributed by atoms with Gasteiger partial charge in [0.15, 0.2) is 5.75 Å². The number of benzene rings is 1. The Kier molecular flexibility index (Phi) is 3.56. The molecule has 0 spiro atoms. The van der Waals surface area contributed by atoms with Gasteiger partial charge in [0.2, 0.25) is 0 Å². The van der Waals surface area contributed by atoms with Crippen molar-refractivity contribution in [3.63, 3.8) is 0 Å². The topological polar surface area (TPSA) is 35.0 Å². The fourth-order valence-corrected chi connectivity index (χ4v) is 2.58. The van der Waals surface area contributed by atoms with Gasteiger partial charge in [-0.05, 0) is 24.3 Å². The lowest BCUT2D eigenvalue weighted by atomic mass is 10.2. The van der Waals surface area contributed by atoms with Crippen LogP contribution in [0.4, 0.5) is 0 Å². The Morgan fingerprint density at radius 3 is 2.70 bits per heavy atom. The second-order valence-corrected chi connectivity index (χ2v) is 5.12. The highest BCUT2D eigenvalue weighted by molar-refractivity contribution is 7.16. The summed E-state index contributed by atoms with van der Waals surface area (Å²) in [5.41, 5.74) is 0.981. The molecule has 3 rings (SSSR count). The van der Waals surface area contributed by atoms with Crippen molar-refractivity contribution in [2.24, 2.45) is 0 Å². The SMILES string of the molecule is C=Cc1ncc(-c2ccncc2Oc2ccccc2)s1. The minimum absolute atomic E-state index is 0.720. The van der Waals surface area contributed by atoms with Gasteiger partial charge < -0.3 is 4.74 Å². The maximum absolute atomic E-state index is 5.90. The van der Waals surface area contributed by atoms with E-state index in [-0.39, 0.29) is 0 Å². The molecule has 1 aromatic carbocycles. The van der Waals surface area contributed by atoms with E-state index in [1.807, 2.05) is 42.6 Å². The lowest BCUT2D eigenvalue weighted by molar-refractivity contribution is 0.482. The van der Waals surface area contributed by atoms with Crippen LogP contribution in [0.25, 0.3) is 16.5 Å². The summed E-state index contributed by atoms with van der Waals surface area (Å²) >= 11 is 1.57. The van der Waals surface area contributed by atoms with E-state index in [1.54, 1.807) is 29.8 Å². The van der Waals surface area contributed by atoms with Crippen LogP contribution in [0.15, 0.2) is 61.6 Å². The molecule has 4 heteroatoms. The number of aromatic nitrogens is 2. The Bertz CT molecular complexity index is 722. The minimum atomic E-state index is 0.720. The third-order valence-corrected chi connectivity index (χ3v) is 3.75. The van der Waals surface area contributed by atoms with Crippen molar-refractivity contribution in [2.45, 2.75) is 0 Å². The van der Waals surface area contributed by atoms with Crippen molar-refractivity contribution in [3.05, 3.63) is 66.6 Å². The van der Waals surface area contributed by atoms with Crippen molar-refractivity contribution >= 4 is 17.4 Å². The molecule has 0 aliphatic heterocycles. The largest absolute Gasteiger partial charge is 0.455 e. The molecular weight excluding hydrogens is 268 g/mol. The monoisotopic (exact) mass is 280 g/mol. The molecular formula is C16H12N2OS. The van der Waals surface area contributed by atoms with E-state index < -0.39 is 0 Å². The van der Waals surface area contributed by atoms with E-state index >= 15 is 0 Å². The summed E-state index contributed by atoms with van der Waals surface area (Å²) in [6.07, 6.45) is 7.04. The van der Waals surface area contributed by atoms with E-state index in [9.17, 15) is 0 Å². The molecule has 0 radical (unpaired) electrons. The zero-order valence-electron chi connectivity index (χ0n) is 10.7. The standard InChI is InChI=1S/C16H12N2OS/c1-2-16-18-11-15(20-16)13-8-9-17-10-14(13)19-12-6-4-3-5-7-12/h2-11H,1H2. The molecule has 0 saturated heterocycles. The summed E-state index contributed by atoms with van der Waals surface area (Å²) in [4.78, 5) is 9.45. The molecule has 20 heavy (non-hydrogen) atoms. The second-order valence-electron chi connectivity index (χ2n) is 4.05. The Morgan fingerprint density at radius 2 is 1.95 bits per heavy atom. The van der Waals surface area contributed by atoms with Crippen LogP contribution in [0.5, 0.6) is 11.5 Å². The molecule has 2 heterocycles. The highest BCUT2D eigenvalue weighted by Gasteiger charge is 2.10. The number of rotatable bonds is 4. The summed E-state index contributed by atoms with van der Waals surface area (Å²) in [7, 11) is 0. The number of hydrogen-bond donors (Lipinski definition) is 0. The molecule has 0 unspecified atom stereocenters. The Hall–Kier alpha value is -2.46. The Balaban J connectivity index is 1.98. The van der Waals surface area contributed by atoms with Gasteiger partial charge in [0, 0.05) is 18.0 Å². The zero-order valence-corrected chi connectivity index (χ0v) is 11.5. The normalized spacial score (nSPS) is 10.2. The van der Waals surface area contributed by atoms with Gasteiger partial charge in [0.05, 0.1) is 11.1 Å². The van der Waals surface area contributed by atoms with Crippen LogP contribution in [0.3, 0.4) is 0 Å². The number of hydrogen-bond acceptors (Lipinski definition) is 4. The number of thiazole rings is 1. The van der Waals surface area contributed by atoms with Crippen LogP contribution in [-0.2, 0) is 0 Å². The van der Waals surface area contributed by atoms with E-state index in [0.717, 1.165) is 26.9 Å². The van der Waals surface area contributed by atoms with Crippen molar-refractivity contribution in [1.82, 2.24) is 9.97 Å². The molecule has 0 fully saturated rings. The number of para-hydroxylation sites is 1. The van der Waals surface area contributed by atoms with Crippen molar-refractivity contribution in [3.8, 4) is 21.9 Å². The molecule has 3 aromatic rings. The van der Waals surface area contributed by atoms with Crippen molar-refractivity contribution < 1.29 is 4.74 Å². The van der Waals surface area contributed by atoms with Gasteiger partial charge in [0.25, 0.3) is 0 Å². The molecule has 0 amide bonds. The fraction of sp³-hybridized carbons (Fsp3) is 0. The molecule has 0 aliphatic rings. The van der Waals surface area contributed by atoms with Gasteiger partial charge >= 0.3 is 0 Å². The maximum Gasteiger partial charge on any atom is 0.154 e. The smallest absolute Gasteiger partial charge is 0.154 e. The Labute approximate surface area is 121 Å². The van der Waals surface area contributed by atoms with Gasteiger partial charge in [-0.25, -0.2) is 4.98 Å². The van der Waals surface area contributed by atoms with Crippen molar-refractivity contribution in [2.75, 3.05) is 0 Å². The molecule has 98 valence electrons. The first kappa shape index (κ1) is 12.6. The fourth-order valence-electron chi connectivity index (χ4n) is 1.79. The number of pyridine rings is 1. The van der Waals surface area contributed by atoms with Gasteiger partial charge in [-0.2, -0.15) is 0 Å². The first-order valence-electron chi connectivity index (χ1n) is 6.12. The maximum atomic E-state index is 5.90. The molecule has 3 nitrogen and oxygen atoms in total. The molecule has 0 N–H and O–H groups in total. The third-order valence-electron chi connectivity index (χ3n) is 2.72. The van der Waals surface area contributed by atoms with E-state index in [4.69, 9.17) is 4.74 Å². The quantitative estimate of drug-likeness (QED) is 0.698. The summed E-state index contributed by atoms with van der Waals surface area (Å²) in [5.74, 6) is 1.51. The van der Waals surface area contributed by atoms with E-state index in [2.05, 4.69) is 16.5 Å². The van der Waals surface area contributed by atoms with Crippen LogP contribution in [0, 0.1) is 0 Å². The molecule has 0 saturated carbocycles. The van der Waals surface area contributed by atoms with Crippen molar-refractivity contribution in [1.29, 1.82) is 0 Å². The average Bonchev–Trinajstić information content (AvgIpc) is 2.98. The van der Waals surface area contributed by atoms with E-state index in [0.29, 0.717) is 0 Å². The molecule has 2 aromatic heterocycles.